The van der Waals surface area contributed by atoms with E-state index in [-0.39, 0.29) is 5.91 Å². The molecule has 0 spiro atoms. The van der Waals surface area contributed by atoms with Crippen LogP contribution in [0.1, 0.15) is 59.5 Å². The van der Waals surface area contributed by atoms with E-state index in [0.717, 1.165) is 29.8 Å². The minimum atomic E-state index is -0.216. The molecule has 0 atom stereocenters. The van der Waals surface area contributed by atoms with E-state index in [1.807, 2.05) is 39.0 Å². The minimum Gasteiger partial charge on any atom is -0.370 e. The van der Waals surface area contributed by atoms with Crippen molar-refractivity contribution < 1.29 is 4.79 Å². The maximum Gasteiger partial charge on any atom is 0.274 e. The van der Waals surface area contributed by atoms with Gasteiger partial charge in [-0.05, 0) is 70.1 Å². The van der Waals surface area contributed by atoms with Crippen molar-refractivity contribution in [2.45, 2.75) is 52.9 Å². The lowest BCUT2D eigenvalue weighted by Crippen LogP contribution is -2.17. The molecule has 0 unspecified atom stereocenters. The number of amides is 1. The van der Waals surface area contributed by atoms with Gasteiger partial charge < -0.3 is 10.6 Å². The van der Waals surface area contributed by atoms with Gasteiger partial charge in [0, 0.05) is 18.3 Å². The third-order valence-electron chi connectivity index (χ3n) is 4.85. The summed E-state index contributed by atoms with van der Waals surface area (Å²) >= 11 is 0. The molecule has 1 aliphatic rings. The summed E-state index contributed by atoms with van der Waals surface area (Å²) in [6.07, 6.45) is 8.38. The van der Waals surface area contributed by atoms with Crippen molar-refractivity contribution >= 4 is 17.4 Å². The highest BCUT2D eigenvalue weighted by Gasteiger charge is 2.12. The molecule has 1 aromatic carbocycles. The van der Waals surface area contributed by atoms with Crippen molar-refractivity contribution in [3.63, 3.8) is 0 Å². The maximum absolute atomic E-state index is 12.7. The smallest absolute Gasteiger partial charge is 0.274 e. The Bertz CT molecular complexity index is 857. The number of aromatic nitrogens is 2. The molecule has 0 saturated heterocycles. The number of aryl methyl sites for hydroxylation is 3. The van der Waals surface area contributed by atoms with Crippen molar-refractivity contribution in [1.82, 2.24) is 9.97 Å². The monoisotopic (exact) mass is 364 g/mol. The van der Waals surface area contributed by atoms with Crippen LogP contribution in [-0.2, 0) is 0 Å². The number of anilines is 2. The number of nitrogens with zero attached hydrogens (tertiary/aromatic N) is 2. The van der Waals surface area contributed by atoms with Crippen molar-refractivity contribution in [3.8, 4) is 0 Å². The fourth-order valence-electron chi connectivity index (χ4n) is 3.31. The third kappa shape index (κ3) is 5.39. The molecule has 2 N–H and O–H groups in total. The highest BCUT2D eigenvalue weighted by molar-refractivity contribution is 6.03. The topological polar surface area (TPSA) is 66.9 Å². The fraction of sp³-hybridized carbons (Fsp3) is 0.409. The van der Waals surface area contributed by atoms with E-state index in [2.05, 4.69) is 26.7 Å². The summed E-state index contributed by atoms with van der Waals surface area (Å²) in [6.45, 7) is 6.62. The van der Waals surface area contributed by atoms with Gasteiger partial charge in [-0.2, -0.15) is 0 Å². The van der Waals surface area contributed by atoms with Gasteiger partial charge in [-0.15, -0.1) is 0 Å². The lowest BCUT2D eigenvalue weighted by Gasteiger charge is -2.14. The second-order valence-electron chi connectivity index (χ2n) is 7.24. The molecule has 0 saturated carbocycles. The molecule has 1 aliphatic carbocycles. The number of carbonyl (C=O) groups is 1. The highest BCUT2D eigenvalue weighted by Crippen LogP contribution is 2.20. The molecular weight excluding hydrogens is 336 g/mol. The Morgan fingerprint density at radius 1 is 1.11 bits per heavy atom. The SMILES string of the molecule is Cc1ccc(C)c(NC(=O)c2cc(NCCC3=CCCCC3)nc(C)n2)c1. The van der Waals surface area contributed by atoms with Gasteiger partial charge in [-0.1, -0.05) is 23.8 Å². The zero-order valence-electron chi connectivity index (χ0n) is 16.4. The number of hydrogen-bond donors (Lipinski definition) is 2. The number of allylic oxidation sites excluding steroid dienone is 1. The molecule has 27 heavy (non-hydrogen) atoms. The second kappa shape index (κ2) is 8.80. The van der Waals surface area contributed by atoms with Gasteiger partial charge in [0.2, 0.25) is 0 Å². The van der Waals surface area contributed by atoms with Crippen molar-refractivity contribution in [2.24, 2.45) is 0 Å². The van der Waals surface area contributed by atoms with Crippen LogP contribution >= 0.6 is 0 Å². The van der Waals surface area contributed by atoms with E-state index in [9.17, 15) is 4.79 Å². The molecule has 2 aromatic rings. The number of benzene rings is 1. The van der Waals surface area contributed by atoms with Crippen LogP contribution in [0.5, 0.6) is 0 Å². The summed E-state index contributed by atoms with van der Waals surface area (Å²) in [4.78, 5) is 21.4. The molecule has 5 nitrogen and oxygen atoms in total. The number of hydrogen-bond acceptors (Lipinski definition) is 4. The molecule has 1 heterocycles. The molecule has 1 amide bonds. The third-order valence-corrected chi connectivity index (χ3v) is 4.85. The second-order valence-corrected chi connectivity index (χ2v) is 7.24. The largest absolute Gasteiger partial charge is 0.370 e. The summed E-state index contributed by atoms with van der Waals surface area (Å²) in [5.41, 5.74) is 4.85. The molecular formula is C22H28N4O. The van der Waals surface area contributed by atoms with E-state index < -0.39 is 0 Å². The molecule has 0 bridgehead atoms. The van der Waals surface area contributed by atoms with Gasteiger partial charge in [0.05, 0.1) is 0 Å². The van der Waals surface area contributed by atoms with E-state index in [4.69, 9.17) is 0 Å². The quantitative estimate of drug-likeness (QED) is 0.711. The predicted octanol–water partition coefficient (Wildman–Crippen LogP) is 4.96. The molecule has 1 aromatic heterocycles. The summed E-state index contributed by atoms with van der Waals surface area (Å²) in [6, 6.07) is 7.73. The van der Waals surface area contributed by atoms with Gasteiger partial charge in [0.25, 0.3) is 5.91 Å². The highest BCUT2D eigenvalue weighted by atomic mass is 16.1. The van der Waals surface area contributed by atoms with Crippen molar-refractivity contribution in [1.29, 1.82) is 0 Å². The first-order valence-electron chi connectivity index (χ1n) is 9.67. The van der Waals surface area contributed by atoms with Crippen LogP contribution < -0.4 is 10.6 Å². The first-order valence-corrected chi connectivity index (χ1v) is 9.67. The first-order chi connectivity index (χ1) is 13.0. The van der Waals surface area contributed by atoms with E-state index in [1.54, 1.807) is 6.07 Å². The lowest BCUT2D eigenvalue weighted by atomic mass is 9.97. The number of nitrogens with one attached hydrogen (secondary N) is 2. The van der Waals surface area contributed by atoms with E-state index in [0.29, 0.717) is 17.3 Å². The molecule has 0 aliphatic heterocycles. The van der Waals surface area contributed by atoms with Gasteiger partial charge in [-0.25, -0.2) is 9.97 Å². The zero-order chi connectivity index (χ0) is 19.2. The van der Waals surface area contributed by atoms with Crippen molar-refractivity contribution in [2.75, 3.05) is 17.2 Å². The lowest BCUT2D eigenvalue weighted by molar-refractivity contribution is 0.102. The normalized spacial score (nSPS) is 13.8. The van der Waals surface area contributed by atoms with Crippen LogP contribution in [0.4, 0.5) is 11.5 Å². The van der Waals surface area contributed by atoms with Gasteiger partial charge in [0.1, 0.15) is 17.3 Å². The Balaban J connectivity index is 1.66. The van der Waals surface area contributed by atoms with Crippen LogP contribution in [0.25, 0.3) is 0 Å². The fourth-order valence-corrected chi connectivity index (χ4v) is 3.31. The summed E-state index contributed by atoms with van der Waals surface area (Å²) < 4.78 is 0. The Hall–Kier alpha value is -2.69. The first kappa shape index (κ1) is 19.1. The van der Waals surface area contributed by atoms with Gasteiger partial charge in [-0.3, -0.25) is 4.79 Å². The van der Waals surface area contributed by atoms with Crippen LogP contribution in [0.3, 0.4) is 0 Å². The van der Waals surface area contributed by atoms with Crippen LogP contribution in [0, 0.1) is 20.8 Å². The summed E-state index contributed by atoms with van der Waals surface area (Å²) in [7, 11) is 0. The molecule has 3 rings (SSSR count). The van der Waals surface area contributed by atoms with Crippen LogP contribution in [0.2, 0.25) is 0 Å². The Morgan fingerprint density at radius 2 is 1.96 bits per heavy atom. The Labute approximate surface area is 161 Å². The maximum atomic E-state index is 12.7. The number of carbonyl (C=O) groups excluding carboxylic acids is 1. The van der Waals surface area contributed by atoms with Gasteiger partial charge >= 0.3 is 0 Å². The van der Waals surface area contributed by atoms with E-state index >= 15 is 0 Å². The average molecular weight is 364 g/mol. The summed E-state index contributed by atoms with van der Waals surface area (Å²) in [5, 5.41) is 6.30. The van der Waals surface area contributed by atoms with Crippen LogP contribution in [-0.4, -0.2) is 22.4 Å². The van der Waals surface area contributed by atoms with Gasteiger partial charge in [0.15, 0.2) is 0 Å². The average Bonchev–Trinajstić information content (AvgIpc) is 2.65. The molecule has 5 heteroatoms. The standard InChI is InChI=1S/C22H28N4O/c1-15-9-10-16(2)19(13-15)26-22(27)20-14-21(25-17(3)24-20)23-12-11-18-7-5-4-6-8-18/h7,9-10,13-14H,4-6,8,11-12H2,1-3H3,(H,26,27)(H,23,24,25). The summed E-state index contributed by atoms with van der Waals surface area (Å²) in [5.74, 6) is 1.07. The Kier molecular flexibility index (Phi) is 6.22. The Morgan fingerprint density at radius 3 is 2.74 bits per heavy atom. The van der Waals surface area contributed by atoms with Crippen LogP contribution in [0.15, 0.2) is 35.9 Å². The predicted molar refractivity (Wildman–Crippen MR) is 110 cm³/mol. The van der Waals surface area contributed by atoms with E-state index in [1.165, 1.54) is 31.3 Å². The molecule has 0 radical (unpaired) electrons. The number of rotatable bonds is 6. The zero-order valence-corrected chi connectivity index (χ0v) is 16.4. The molecule has 0 fully saturated rings. The molecule has 142 valence electrons. The van der Waals surface area contributed by atoms with Crippen molar-refractivity contribution in [3.05, 3.63) is 58.6 Å². The minimum absolute atomic E-state index is 0.216.